The van der Waals surface area contributed by atoms with E-state index in [-0.39, 0.29) is 5.56 Å². The quantitative estimate of drug-likeness (QED) is 0.142. The molecule has 0 saturated carbocycles. The Labute approximate surface area is 223 Å². The number of nitrogens with one attached hydrogen (secondary N) is 2. The first kappa shape index (κ1) is 25.2. The number of hydrogen-bond acceptors (Lipinski definition) is 11. The molecule has 4 aromatic rings. The van der Waals surface area contributed by atoms with Gasteiger partial charge in [0, 0.05) is 61.3 Å². The van der Waals surface area contributed by atoms with Crippen molar-refractivity contribution >= 4 is 46.2 Å². The lowest BCUT2D eigenvalue weighted by atomic mass is 10.2. The molecule has 12 heteroatoms. The van der Waals surface area contributed by atoms with Gasteiger partial charge < -0.3 is 15.0 Å². The van der Waals surface area contributed by atoms with Crippen molar-refractivity contribution in [3.8, 4) is 18.1 Å². The van der Waals surface area contributed by atoms with Gasteiger partial charge in [-0.1, -0.05) is 12.0 Å². The van der Waals surface area contributed by atoms with Crippen LogP contribution in [0.2, 0.25) is 0 Å². The van der Waals surface area contributed by atoms with E-state index in [0.717, 1.165) is 45.9 Å². The zero-order valence-corrected chi connectivity index (χ0v) is 21.3. The Morgan fingerprint density at radius 2 is 1.89 bits per heavy atom. The van der Waals surface area contributed by atoms with E-state index in [2.05, 4.69) is 40.4 Å². The number of nitrogens with zero attached hydrogens (tertiary/aromatic N) is 6. The molecule has 3 heterocycles. The molecule has 0 bridgehead atoms. The number of carbonyl (C=O) groups is 1. The fraction of sp³-hybridized carbons (Fsp3) is 0.192. The number of aromatic nitrogens is 4. The van der Waals surface area contributed by atoms with Crippen molar-refractivity contribution in [2.24, 2.45) is 0 Å². The topological polar surface area (TPSA) is 129 Å². The number of hydroxylamine groups is 1. The molecule has 1 saturated heterocycles. The predicted molar refractivity (Wildman–Crippen MR) is 145 cm³/mol. The van der Waals surface area contributed by atoms with Crippen LogP contribution in [0.15, 0.2) is 60.0 Å². The van der Waals surface area contributed by atoms with Crippen LogP contribution in [-0.2, 0) is 0 Å². The molecule has 3 N–H and O–H groups in total. The van der Waals surface area contributed by atoms with E-state index in [9.17, 15) is 4.79 Å². The molecular weight excluding hydrogens is 504 g/mol. The third-order valence-corrected chi connectivity index (χ3v) is 7.10. The van der Waals surface area contributed by atoms with Crippen LogP contribution in [0.25, 0.3) is 10.9 Å². The van der Waals surface area contributed by atoms with Gasteiger partial charge in [-0.05, 0) is 36.2 Å². The SMILES string of the molecule is C#Cc1cccc(Nc2ncnc3cc(OC)c(SN4CCN(c5ncc(C(=O)NO)cn5)CC4)cc23)c1. The number of terminal acetylenes is 1. The minimum atomic E-state index is -0.646. The van der Waals surface area contributed by atoms with Gasteiger partial charge in [0.05, 0.1) is 23.1 Å². The lowest BCUT2D eigenvalue weighted by Gasteiger charge is -2.34. The Morgan fingerprint density at radius 3 is 2.61 bits per heavy atom. The van der Waals surface area contributed by atoms with Crippen LogP contribution in [0, 0.1) is 12.3 Å². The van der Waals surface area contributed by atoms with Gasteiger partial charge in [-0.25, -0.2) is 29.7 Å². The lowest BCUT2D eigenvalue weighted by Crippen LogP contribution is -2.44. The molecule has 0 radical (unpaired) electrons. The summed E-state index contributed by atoms with van der Waals surface area (Å²) >= 11 is 1.61. The fourth-order valence-corrected chi connectivity index (χ4v) is 5.03. The van der Waals surface area contributed by atoms with Crippen LogP contribution in [0.3, 0.4) is 0 Å². The number of hydrogen-bond donors (Lipinski definition) is 3. The number of ether oxygens (including phenoxy) is 1. The van der Waals surface area contributed by atoms with Crippen molar-refractivity contribution in [2.75, 3.05) is 43.5 Å². The van der Waals surface area contributed by atoms with Gasteiger partial charge >= 0.3 is 0 Å². The monoisotopic (exact) mass is 528 g/mol. The molecule has 11 nitrogen and oxygen atoms in total. The number of benzene rings is 2. The van der Waals surface area contributed by atoms with E-state index in [1.54, 1.807) is 24.5 Å². The van der Waals surface area contributed by atoms with Crippen molar-refractivity contribution < 1.29 is 14.7 Å². The maximum atomic E-state index is 11.5. The summed E-state index contributed by atoms with van der Waals surface area (Å²) in [6.45, 7) is 2.92. The van der Waals surface area contributed by atoms with Crippen molar-refractivity contribution in [1.82, 2.24) is 29.7 Å². The van der Waals surface area contributed by atoms with Crippen LogP contribution in [0.4, 0.5) is 17.5 Å². The summed E-state index contributed by atoms with van der Waals surface area (Å²) in [4.78, 5) is 31.9. The van der Waals surface area contributed by atoms with E-state index in [1.165, 1.54) is 18.7 Å². The van der Waals surface area contributed by atoms with Gasteiger partial charge in [0.1, 0.15) is 17.9 Å². The number of methoxy groups -OCH3 is 1. The van der Waals surface area contributed by atoms with Crippen molar-refractivity contribution in [1.29, 1.82) is 0 Å². The zero-order chi connectivity index (χ0) is 26.5. The molecule has 0 aliphatic carbocycles. The van der Waals surface area contributed by atoms with Gasteiger partial charge in [-0.2, -0.15) is 0 Å². The highest BCUT2D eigenvalue weighted by atomic mass is 32.2. The van der Waals surface area contributed by atoms with Crippen molar-refractivity contribution in [3.63, 3.8) is 0 Å². The fourth-order valence-electron chi connectivity index (χ4n) is 4.00. The molecule has 0 unspecified atom stereocenters. The number of anilines is 3. The van der Waals surface area contributed by atoms with Crippen molar-refractivity contribution in [2.45, 2.75) is 4.90 Å². The Morgan fingerprint density at radius 1 is 1.11 bits per heavy atom. The maximum Gasteiger partial charge on any atom is 0.277 e. The van der Waals surface area contributed by atoms with Gasteiger partial charge in [-0.3, -0.25) is 10.0 Å². The second-order valence-corrected chi connectivity index (χ2v) is 9.45. The van der Waals surface area contributed by atoms with Gasteiger partial charge in [0.25, 0.3) is 5.91 Å². The molecule has 5 rings (SSSR count). The van der Waals surface area contributed by atoms with Gasteiger partial charge in [0.2, 0.25) is 5.95 Å². The number of fused-ring (bicyclic) bond motifs is 1. The summed E-state index contributed by atoms with van der Waals surface area (Å²) in [6, 6.07) is 11.6. The molecule has 1 amide bonds. The predicted octanol–water partition coefficient (Wildman–Crippen LogP) is 3.10. The third kappa shape index (κ3) is 5.45. The van der Waals surface area contributed by atoms with Crippen LogP contribution in [-0.4, -0.2) is 68.6 Å². The van der Waals surface area contributed by atoms with Gasteiger partial charge in [0.15, 0.2) is 0 Å². The average molecular weight is 529 g/mol. The molecule has 2 aromatic heterocycles. The van der Waals surface area contributed by atoms with Crippen molar-refractivity contribution in [3.05, 3.63) is 66.2 Å². The van der Waals surface area contributed by atoms with Crippen LogP contribution >= 0.6 is 11.9 Å². The van der Waals surface area contributed by atoms with Crippen LogP contribution in [0.5, 0.6) is 5.75 Å². The second-order valence-electron chi connectivity index (χ2n) is 8.31. The van der Waals surface area contributed by atoms with E-state index < -0.39 is 5.91 Å². The summed E-state index contributed by atoms with van der Waals surface area (Å²) in [6.07, 6.45) is 9.86. The van der Waals surface area contributed by atoms with E-state index in [4.69, 9.17) is 16.4 Å². The molecule has 1 fully saturated rings. The highest BCUT2D eigenvalue weighted by molar-refractivity contribution is 7.97. The number of rotatable bonds is 7. The first-order valence-electron chi connectivity index (χ1n) is 11.7. The molecule has 1 aliphatic heterocycles. The minimum absolute atomic E-state index is 0.190. The summed E-state index contributed by atoms with van der Waals surface area (Å²) in [5.41, 5.74) is 4.15. The third-order valence-electron chi connectivity index (χ3n) is 5.96. The van der Waals surface area contributed by atoms with Crippen LogP contribution in [0.1, 0.15) is 15.9 Å². The Kier molecular flexibility index (Phi) is 7.50. The highest BCUT2D eigenvalue weighted by Crippen LogP contribution is 2.37. The normalized spacial score (nSPS) is 13.7. The Hall–Kier alpha value is -4.44. The van der Waals surface area contributed by atoms with E-state index >= 15 is 0 Å². The standard InChI is InChI=1S/C26H24N8O3S/c1-3-17-5-4-6-19(11-17)31-24-20-12-23(22(37-2)13-21(20)29-16-30-24)38-34-9-7-33(8-10-34)26-27-14-18(15-28-26)25(35)32-36/h1,4-6,11-16,36H,7-10H2,2H3,(H,32,35)(H,29,30,31). The smallest absolute Gasteiger partial charge is 0.277 e. The number of amides is 1. The summed E-state index contributed by atoms with van der Waals surface area (Å²) in [7, 11) is 1.65. The Balaban J connectivity index is 1.32. The summed E-state index contributed by atoms with van der Waals surface area (Å²) < 4.78 is 7.93. The zero-order valence-electron chi connectivity index (χ0n) is 20.5. The van der Waals surface area contributed by atoms with Crippen LogP contribution < -0.4 is 20.4 Å². The summed E-state index contributed by atoms with van der Waals surface area (Å²) in [5.74, 6) is 3.94. The molecule has 1 aliphatic rings. The first-order valence-corrected chi connectivity index (χ1v) is 12.5. The molecule has 0 atom stereocenters. The maximum absolute atomic E-state index is 11.5. The summed E-state index contributed by atoms with van der Waals surface area (Å²) in [5, 5.41) is 13.0. The lowest BCUT2D eigenvalue weighted by molar-refractivity contribution is 0.0705. The minimum Gasteiger partial charge on any atom is -0.495 e. The molecule has 38 heavy (non-hydrogen) atoms. The molecule has 0 spiro atoms. The van der Waals surface area contributed by atoms with Gasteiger partial charge in [-0.15, -0.1) is 6.42 Å². The first-order chi connectivity index (χ1) is 18.6. The van der Waals surface area contributed by atoms with E-state index in [0.29, 0.717) is 24.9 Å². The molecule has 2 aromatic carbocycles. The Bertz CT molecular complexity index is 1500. The number of carbonyl (C=O) groups excluding carboxylic acids is 1. The van der Waals surface area contributed by atoms with E-state index in [1.807, 2.05) is 36.4 Å². The molecule has 192 valence electrons. The average Bonchev–Trinajstić information content (AvgIpc) is 2.97. The largest absolute Gasteiger partial charge is 0.495 e. The molecular formula is C26H24N8O3S. The highest BCUT2D eigenvalue weighted by Gasteiger charge is 2.22. The number of piperazine rings is 1. The second kappa shape index (κ2) is 11.3.